The lowest BCUT2D eigenvalue weighted by molar-refractivity contribution is 0.102. The molecule has 0 aliphatic heterocycles. The lowest BCUT2D eigenvalue weighted by Gasteiger charge is -2.15. The number of halogens is 1. The lowest BCUT2D eigenvalue weighted by atomic mass is 10.1. The van der Waals surface area contributed by atoms with E-state index in [4.69, 9.17) is 4.74 Å². The number of amides is 1. The summed E-state index contributed by atoms with van der Waals surface area (Å²) in [5.41, 5.74) is 0.612. The molecular weight excluding hydrogens is 443 g/mol. The molecule has 1 amide bonds. The Kier molecular flexibility index (Phi) is 6.37. The summed E-state index contributed by atoms with van der Waals surface area (Å²) in [6.45, 7) is 0. The van der Waals surface area contributed by atoms with Gasteiger partial charge >= 0.3 is 0 Å². The molecule has 33 heavy (non-hydrogen) atoms. The van der Waals surface area contributed by atoms with Crippen LogP contribution in [0.15, 0.2) is 108 Å². The summed E-state index contributed by atoms with van der Waals surface area (Å²) in [4.78, 5) is 12.9. The minimum absolute atomic E-state index is 0.0841. The van der Waals surface area contributed by atoms with Crippen LogP contribution in [0.25, 0.3) is 0 Å². The van der Waals surface area contributed by atoms with E-state index in [1.165, 1.54) is 12.1 Å². The second-order valence-electron chi connectivity index (χ2n) is 6.97. The van der Waals surface area contributed by atoms with E-state index in [1.807, 2.05) is 18.2 Å². The molecular formula is C25H19FN2O4S. The number of hydrogen-bond donors (Lipinski definition) is 2. The zero-order chi connectivity index (χ0) is 23.3. The van der Waals surface area contributed by atoms with Crippen LogP contribution in [0.2, 0.25) is 0 Å². The average Bonchev–Trinajstić information content (AvgIpc) is 2.81. The van der Waals surface area contributed by atoms with Gasteiger partial charge in [0.2, 0.25) is 0 Å². The first-order valence-electron chi connectivity index (χ1n) is 9.93. The van der Waals surface area contributed by atoms with Crippen molar-refractivity contribution >= 4 is 27.3 Å². The maximum atomic E-state index is 13.2. The number of para-hydroxylation sites is 4. The molecule has 0 heterocycles. The van der Waals surface area contributed by atoms with Gasteiger partial charge in [0.1, 0.15) is 11.6 Å². The highest BCUT2D eigenvalue weighted by molar-refractivity contribution is 7.92. The number of rotatable bonds is 7. The van der Waals surface area contributed by atoms with Gasteiger partial charge in [0, 0.05) is 0 Å². The highest BCUT2D eigenvalue weighted by atomic mass is 32.2. The summed E-state index contributed by atoms with van der Waals surface area (Å²) in [5.74, 6) is -0.0466. The first-order chi connectivity index (χ1) is 15.9. The number of ether oxygens (including phenoxy) is 1. The van der Waals surface area contributed by atoms with E-state index in [-0.39, 0.29) is 16.1 Å². The predicted octanol–water partition coefficient (Wildman–Crippen LogP) is 5.67. The third kappa shape index (κ3) is 5.36. The van der Waals surface area contributed by atoms with Gasteiger partial charge in [0.25, 0.3) is 15.9 Å². The summed E-state index contributed by atoms with van der Waals surface area (Å²) in [7, 11) is -4.03. The minimum atomic E-state index is -4.03. The Balaban J connectivity index is 1.58. The summed E-state index contributed by atoms with van der Waals surface area (Å²) in [6, 6.07) is 26.6. The molecule has 0 atom stereocenters. The van der Waals surface area contributed by atoms with Crippen molar-refractivity contribution in [2.45, 2.75) is 4.90 Å². The minimum Gasteiger partial charge on any atom is -0.455 e. The Morgan fingerprint density at radius 1 is 0.727 bits per heavy atom. The van der Waals surface area contributed by atoms with E-state index in [0.29, 0.717) is 17.2 Å². The second kappa shape index (κ2) is 9.54. The van der Waals surface area contributed by atoms with Crippen molar-refractivity contribution in [3.05, 3.63) is 115 Å². The molecule has 0 saturated carbocycles. The Morgan fingerprint density at radius 3 is 2.06 bits per heavy atom. The molecule has 166 valence electrons. The molecule has 4 rings (SSSR count). The number of nitrogens with one attached hydrogen (secondary N) is 2. The molecule has 2 N–H and O–H groups in total. The highest BCUT2D eigenvalue weighted by Crippen LogP contribution is 2.30. The molecule has 6 nitrogen and oxygen atoms in total. The molecule has 0 aromatic heterocycles. The molecule has 0 aliphatic carbocycles. The van der Waals surface area contributed by atoms with Crippen LogP contribution < -0.4 is 14.8 Å². The Labute approximate surface area is 190 Å². The maximum Gasteiger partial charge on any atom is 0.261 e. The number of sulfonamides is 1. The Hall–Kier alpha value is -4.17. The van der Waals surface area contributed by atoms with Gasteiger partial charge < -0.3 is 10.1 Å². The predicted molar refractivity (Wildman–Crippen MR) is 125 cm³/mol. The van der Waals surface area contributed by atoms with Crippen LogP contribution in [0, 0.1) is 5.82 Å². The van der Waals surface area contributed by atoms with Crippen molar-refractivity contribution in [3.8, 4) is 11.5 Å². The zero-order valence-corrected chi connectivity index (χ0v) is 18.1. The van der Waals surface area contributed by atoms with Crippen molar-refractivity contribution in [3.63, 3.8) is 0 Å². The third-order valence-electron chi connectivity index (χ3n) is 4.65. The standard InChI is InChI=1S/C25H19FN2O4S/c26-18-14-16-20(17-15-18)33(30,31)28-22-11-5-4-10-21(22)25(29)27-23-12-6-7-13-24(23)32-19-8-2-1-3-9-19/h1-17,28H,(H,27,29). The van der Waals surface area contributed by atoms with Crippen LogP contribution in [0.4, 0.5) is 15.8 Å². The first kappa shape index (κ1) is 22.0. The molecule has 0 bridgehead atoms. The summed E-state index contributed by atoms with van der Waals surface area (Å²) in [5, 5.41) is 2.77. The quantitative estimate of drug-likeness (QED) is 0.371. The van der Waals surface area contributed by atoms with Gasteiger partial charge in [-0.1, -0.05) is 42.5 Å². The molecule has 0 radical (unpaired) electrons. The molecule has 0 aliphatic rings. The smallest absolute Gasteiger partial charge is 0.261 e. The molecule has 8 heteroatoms. The van der Waals surface area contributed by atoms with Crippen LogP contribution in [-0.4, -0.2) is 14.3 Å². The van der Waals surface area contributed by atoms with Gasteiger partial charge in [-0.2, -0.15) is 0 Å². The van der Waals surface area contributed by atoms with E-state index in [1.54, 1.807) is 48.5 Å². The largest absolute Gasteiger partial charge is 0.455 e. The lowest BCUT2D eigenvalue weighted by Crippen LogP contribution is -2.18. The Bertz CT molecular complexity index is 1380. The fraction of sp³-hybridized carbons (Fsp3) is 0. The monoisotopic (exact) mass is 462 g/mol. The van der Waals surface area contributed by atoms with E-state index in [2.05, 4.69) is 10.0 Å². The van der Waals surface area contributed by atoms with Crippen LogP contribution in [0.5, 0.6) is 11.5 Å². The van der Waals surface area contributed by atoms with Gasteiger partial charge in [-0.25, -0.2) is 12.8 Å². The second-order valence-corrected chi connectivity index (χ2v) is 8.65. The zero-order valence-electron chi connectivity index (χ0n) is 17.2. The SMILES string of the molecule is O=C(Nc1ccccc1Oc1ccccc1)c1ccccc1NS(=O)(=O)c1ccc(F)cc1. The maximum absolute atomic E-state index is 13.2. The van der Waals surface area contributed by atoms with Crippen LogP contribution in [0.3, 0.4) is 0 Å². The van der Waals surface area contributed by atoms with Crippen molar-refractivity contribution in [1.82, 2.24) is 0 Å². The van der Waals surface area contributed by atoms with Gasteiger partial charge in [-0.3, -0.25) is 9.52 Å². The van der Waals surface area contributed by atoms with Crippen molar-refractivity contribution in [1.29, 1.82) is 0 Å². The van der Waals surface area contributed by atoms with Crippen molar-refractivity contribution < 1.29 is 22.3 Å². The fourth-order valence-corrected chi connectivity index (χ4v) is 4.13. The number of anilines is 2. The Morgan fingerprint density at radius 2 is 1.33 bits per heavy atom. The van der Waals surface area contributed by atoms with Crippen LogP contribution in [0.1, 0.15) is 10.4 Å². The van der Waals surface area contributed by atoms with E-state index < -0.39 is 21.7 Å². The van der Waals surface area contributed by atoms with Gasteiger partial charge in [-0.15, -0.1) is 0 Å². The summed E-state index contributed by atoms with van der Waals surface area (Å²) < 4.78 is 46.9. The molecule has 0 unspecified atom stereocenters. The van der Waals surface area contributed by atoms with Crippen molar-refractivity contribution in [2.24, 2.45) is 0 Å². The van der Waals surface area contributed by atoms with E-state index >= 15 is 0 Å². The molecule has 0 saturated heterocycles. The fourth-order valence-electron chi connectivity index (χ4n) is 3.05. The number of carbonyl (C=O) groups is 1. The summed E-state index contributed by atoms with van der Waals surface area (Å²) >= 11 is 0. The normalized spacial score (nSPS) is 10.9. The van der Waals surface area contributed by atoms with E-state index in [9.17, 15) is 17.6 Å². The topological polar surface area (TPSA) is 84.5 Å². The number of hydrogen-bond acceptors (Lipinski definition) is 4. The third-order valence-corrected chi connectivity index (χ3v) is 6.03. The number of carbonyl (C=O) groups excluding carboxylic acids is 1. The van der Waals surface area contributed by atoms with Gasteiger partial charge in [-0.05, 0) is 60.7 Å². The molecule has 4 aromatic carbocycles. The van der Waals surface area contributed by atoms with Crippen LogP contribution in [-0.2, 0) is 10.0 Å². The van der Waals surface area contributed by atoms with Crippen molar-refractivity contribution in [2.75, 3.05) is 10.0 Å². The van der Waals surface area contributed by atoms with E-state index in [0.717, 1.165) is 24.3 Å². The average molecular weight is 463 g/mol. The first-order valence-corrected chi connectivity index (χ1v) is 11.4. The molecule has 0 spiro atoms. The van der Waals surface area contributed by atoms with Crippen LogP contribution >= 0.6 is 0 Å². The highest BCUT2D eigenvalue weighted by Gasteiger charge is 2.19. The summed E-state index contributed by atoms with van der Waals surface area (Å²) in [6.07, 6.45) is 0. The molecule has 0 fully saturated rings. The van der Waals surface area contributed by atoms with Gasteiger partial charge in [0.15, 0.2) is 5.75 Å². The van der Waals surface area contributed by atoms with Gasteiger partial charge in [0.05, 0.1) is 21.8 Å². The molecule has 4 aromatic rings. The number of benzene rings is 4.